The molecule has 1 aromatic carbocycles. The molecule has 1 saturated heterocycles. The van der Waals surface area contributed by atoms with Gasteiger partial charge < -0.3 is 9.80 Å². The Balaban J connectivity index is 1.62. The van der Waals surface area contributed by atoms with Crippen LogP contribution in [0.4, 0.5) is 5.69 Å². The maximum Gasteiger partial charge on any atom is 0.254 e. The molecule has 0 N–H and O–H groups in total. The summed E-state index contributed by atoms with van der Waals surface area (Å²) in [5, 5.41) is 2.13. The summed E-state index contributed by atoms with van der Waals surface area (Å²) in [4.78, 5) is 30.4. The average molecular weight is 354 g/mol. The molecule has 1 fully saturated rings. The number of amides is 2. The molecule has 2 aromatic rings. The van der Waals surface area contributed by atoms with Gasteiger partial charge in [-0.05, 0) is 54.5 Å². The molecule has 25 heavy (non-hydrogen) atoms. The summed E-state index contributed by atoms with van der Waals surface area (Å²) in [5.41, 5.74) is 2.82. The first-order valence-electron chi connectivity index (χ1n) is 8.96. The first-order chi connectivity index (χ1) is 12.2. The smallest absolute Gasteiger partial charge is 0.254 e. The Hall–Kier alpha value is -2.14. The summed E-state index contributed by atoms with van der Waals surface area (Å²) in [5.74, 6) is 0.217. The van der Waals surface area contributed by atoms with Gasteiger partial charge in [-0.25, -0.2) is 0 Å². The maximum absolute atomic E-state index is 13.2. The third-order valence-electron chi connectivity index (χ3n) is 5.22. The Labute approximate surface area is 152 Å². The molecule has 5 heteroatoms. The molecule has 1 aromatic heterocycles. The van der Waals surface area contributed by atoms with E-state index in [0.29, 0.717) is 12.0 Å². The largest absolute Gasteiger partial charge is 0.331 e. The molecule has 0 spiro atoms. The molecular formula is C20H22N2O2S. The van der Waals surface area contributed by atoms with Crippen LogP contribution < -0.4 is 4.90 Å². The Morgan fingerprint density at radius 3 is 2.88 bits per heavy atom. The van der Waals surface area contributed by atoms with E-state index in [9.17, 15) is 9.59 Å². The van der Waals surface area contributed by atoms with Crippen molar-refractivity contribution in [2.45, 2.75) is 38.6 Å². The van der Waals surface area contributed by atoms with Crippen LogP contribution in [0.15, 0.2) is 35.7 Å². The molecule has 2 aliphatic heterocycles. The van der Waals surface area contributed by atoms with Gasteiger partial charge in [-0.2, -0.15) is 0 Å². The minimum absolute atomic E-state index is 0.0668. The third-order valence-corrected chi connectivity index (χ3v) is 6.22. The van der Waals surface area contributed by atoms with E-state index in [0.717, 1.165) is 38.0 Å². The highest BCUT2D eigenvalue weighted by molar-refractivity contribution is 7.10. The lowest BCUT2D eigenvalue weighted by Crippen LogP contribution is -2.39. The molecule has 0 bridgehead atoms. The van der Waals surface area contributed by atoms with Crippen molar-refractivity contribution in [1.82, 2.24) is 4.90 Å². The Morgan fingerprint density at radius 1 is 1.24 bits per heavy atom. The van der Waals surface area contributed by atoms with Gasteiger partial charge >= 0.3 is 0 Å². The van der Waals surface area contributed by atoms with E-state index in [4.69, 9.17) is 0 Å². The van der Waals surface area contributed by atoms with Crippen LogP contribution in [0.3, 0.4) is 0 Å². The molecule has 0 unspecified atom stereocenters. The first-order valence-corrected chi connectivity index (χ1v) is 9.84. The fourth-order valence-corrected chi connectivity index (χ4v) is 4.90. The van der Waals surface area contributed by atoms with E-state index in [1.807, 2.05) is 29.2 Å². The van der Waals surface area contributed by atoms with Gasteiger partial charge in [0, 0.05) is 35.6 Å². The van der Waals surface area contributed by atoms with Crippen molar-refractivity contribution in [3.8, 4) is 0 Å². The van der Waals surface area contributed by atoms with Crippen molar-refractivity contribution in [2.24, 2.45) is 0 Å². The van der Waals surface area contributed by atoms with Crippen LogP contribution >= 0.6 is 11.3 Å². The zero-order chi connectivity index (χ0) is 17.4. The van der Waals surface area contributed by atoms with E-state index in [1.54, 1.807) is 16.2 Å². The number of hydrogen-bond acceptors (Lipinski definition) is 3. The monoisotopic (exact) mass is 354 g/mol. The molecule has 1 atom stereocenters. The normalized spacial score (nSPS) is 20.0. The summed E-state index contributed by atoms with van der Waals surface area (Å²) in [6.07, 6.45) is 3.34. The quantitative estimate of drug-likeness (QED) is 0.835. The fourth-order valence-electron chi connectivity index (χ4n) is 3.97. The van der Waals surface area contributed by atoms with Crippen molar-refractivity contribution < 1.29 is 9.59 Å². The van der Waals surface area contributed by atoms with Gasteiger partial charge in [0.25, 0.3) is 5.91 Å². The molecule has 130 valence electrons. The van der Waals surface area contributed by atoms with Crippen molar-refractivity contribution in [3.05, 3.63) is 51.7 Å². The van der Waals surface area contributed by atoms with Crippen LogP contribution in [0.5, 0.6) is 0 Å². The van der Waals surface area contributed by atoms with Crippen LogP contribution in [-0.2, 0) is 11.2 Å². The fraction of sp³-hybridized carbons (Fsp3) is 0.400. The van der Waals surface area contributed by atoms with Crippen LogP contribution in [0, 0.1) is 0 Å². The van der Waals surface area contributed by atoms with Gasteiger partial charge in [0.15, 0.2) is 0 Å². The van der Waals surface area contributed by atoms with Crippen LogP contribution in [0.1, 0.15) is 53.0 Å². The minimum atomic E-state index is 0.0668. The standard InChI is InChI=1S/C20H22N2O2S/c1-2-17-16-9-12-25-18(16)8-11-22(17)20(24)14-5-3-6-15(13-14)21-10-4-7-19(21)23/h3,5-6,9,12-13,17H,2,4,7-8,10-11H2,1H3/t17-/m1/s1. The van der Waals surface area contributed by atoms with Crippen LogP contribution in [-0.4, -0.2) is 29.8 Å². The van der Waals surface area contributed by atoms with Crippen LogP contribution in [0.25, 0.3) is 0 Å². The highest BCUT2D eigenvalue weighted by Crippen LogP contribution is 2.36. The number of fused-ring (bicyclic) bond motifs is 1. The lowest BCUT2D eigenvalue weighted by atomic mass is 9.96. The Kier molecular flexibility index (Phi) is 4.34. The maximum atomic E-state index is 13.2. The van der Waals surface area contributed by atoms with Gasteiger partial charge in [-0.3, -0.25) is 9.59 Å². The summed E-state index contributed by atoms with van der Waals surface area (Å²) in [7, 11) is 0. The third kappa shape index (κ3) is 2.86. The number of carbonyl (C=O) groups excluding carboxylic acids is 2. The zero-order valence-corrected chi connectivity index (χ0v) is 15.2. The van der Waals surface area contributed by atoms with Gasteiger partial charge in [0.1, 0.15) is 0 Å². The predicted octanol–water partition coefficient (Wildman–Crippen LogP) is 4.02. The zero-order valence-electron chi connectivity index (χ0n) is 14.4. The first kappa shape index (κ1) is 16.3. The van der Waals surface area contributed by atoms with E-state index in [2.05, 4.69) is 18.4 Å². The molecule has 0 aliphatic carbocycles. The summed E-state index contributed by atoms with van der Waals surface area (Å²) in [6, 6.07) is 9.86. The summed E-state index contributed by atoms with van der Waals surface area (Å²) in [6.45, 7) is 3.64. The summed E-state index contributed by atoms with van der Waals surface area (Å²) >= 11 is 1.79. The number of anilines is 1. The summed E-state index contributed by atoms with van der Waals surface area (Å²) < 4.78 is 0. The van der Waals surface area contributed by atoms with Gasteiger partial charge in [0.05, 0.1) is 6.04 Å². The molecule has 0 radical (unpaired) electrons. The van der Waals surface area contributed by atoms with Crippen molar-refractivity contribution in [3.63, 3.8) is 0 Å². The van der Waals surface area contributed by atoms with Crippen molar-refractivity contribution >= 4 is 28.8 Å². The second-order valence-corrected chi connectivity index (χ2v) is 7.67. The lowest BCUT2D eigenvalue weighted by Gasteiger charge is -2.35. The average Bonchev–Trinajstić information content (AvgIpc) is 3.28. The van der Waals surface area contributed by atoms with E-state index in [-0.39, 0.29) is 17.9 Å². The highest BCUT2D eigenvalue weighted by atomic mass is 32.1. The second kappa shape index (κ2) is 6.64. The Bertz CT molecular complexity index is 814. The SMILES string of the molecule is CC[C@@H]1c2ccsc2CCN1C(=O)c1cccc(N2CCCC2=O)c1. The van der Waals surface area contributed by atoms with E-state index in [1.165, 1.54) is 10.4 Å². The molecule has 3 heterocycles. The predicted molar refractivity (Wildman–Crippen MR) is 100 cm³/mol. The van der Waals surface area contributed by atoms with Crippen molar-refractivity contribution in [2.75, 3.05) is 18.0 Å². The lowest BCUT2D eigenvalue weighted by molar-refractivity contribution is -0.117. The highest BCUT2D eigenvalue weighted by Gasteiger charge is 2.31. The van der Waals surface area contributed by atoms with Gasteiger partial charge in [0.2, 0.25) is 5.91 Å². The molecule has 4 rings (SSSR count). The second-order valence-electron chi connectivity index (χ2n) is 6.67. The molecular weight excluding hydrogens is 332 g/mol. The van der Waals surface area contributed by atoms with Crippen LogP contribution in [0.2, 0.25) is 0 Å². The topological polar surface area (TPSA) is 40.6 Å². The molecule has 4 nitrogen and oxygen atoms in total. The minimum Gasteiger partial charge on any atom is -0.331 e. The number of rotatable bonds is 3. The number of hydrogen-bond donors (Lipinski definition) is 0. The number of carbonyl (C=O) groups is 2. The van der Waals surface area contributed by atoms with Gasteiger partial charge in [-0.15, -0.1) is 11.3 Å². The Morgan fingerprint density at radius 2 is 2.12 bits per heavy atom. The molecule has 0 saturated carbocycles. The number of benzene rings is 1. The van der Waals surface area contributed by atoms with Crippen molar-refractivity contribution in [1.29, 1.82) is 0 Å². The van der Waals surface area contributed by atoms with E-state index < -0.39 is 0 Å². The van der Waals surface area contributed by atoms with E-state index >= 15 is 0 Å². The molecule has 2 aliphatic rings. The van der Waals surface area contributed by atoms with Gasteiger partial charge in [-0.1, -0.05) is 13.0 Å². The molecule has 2 amide bonds. The number of nitrogens with zero attached hydrogens (tertiary/aromatic N) is 2. The number of thiophene rings is 1.